The maximum absolute atomic E-state index is 12.6. The van der Waals surface area contributed by atoms with Crippen LogP contribution in [0.3, 0.4) is 0 Å². The van der Waals surface area contributed by atoms with Gasteiger partial charge in [0.2, 0.25) is 0 Å². The van der Waals surface area contributed by atoms with E-state index in [0.717, 1.165) is 12.0 Å². The predicted octanol–water partition coefficient (Wildman–Crippen LogP) is 3.58. The molecule has 6 heteroatoms. The van der Waals surface area contributed by atoms with E-state index in [0.29, 0.717) is 24.0 Å². The van der Waals surface area contributed by atoms with Gasteiger partial charge in [0, 0.05) is 24.8 Å². The number of carbonyl (C=O) groups is 3. The maximum Gasteiger partial charge on any atom is 0.334 e. The molecule has 1 heterocycles. The highest BCUT2D eigenvalue weighted by molar-refractivity contribution is 5.91. The summed E-state index contributed by atoms with van der Waals surface area (Å²) in [6.45, 7) is 8.92. The lowest BCUT2D eigenvalue weighted by atomic mass is 9.97. The van der Waals surface area contributed by atoms with Gasteiger partial charge in [0.25, 0.3) is 0 Å². The van der Waals surface area contributed by atoms with Crippen molar-refractivity contribution in [3.8, 4) is 0 Å². The first kappa shape index (κ1) is 23.8. The van der Waals surface area contributed by atoms with Crippen LogP contribution >= 0.6 is 0 Å². The Morgan fingerprint density at radius 2 is 2.00 bits per heavy atom. The average molecular weight is 392 g/mol. The fourth-order valence-corrected chi connectivity index (χ4v) is 2.67. The zero-order valence-corrected chi connectivity index (χ0v) is 17.5. The molecule has 6 nitrogen and oxygen atoms in total. The second-order valence-electron chi connectivity index (χ2n) is 7.13. The molecule has 0 aliphatic carbocycles. The Balaban J connectivity index is 3.18. The first-order valence-corrected chi connectivity index (χ1v) is 9.78. The van der Waals surface area contributed by atoms with Crippen molar-refractivity contribution in [1.82, 2.24) is 0 Å². The summed E-state index contributed by atoms with van der Waals surface area (Å²) in [7, 11) is 0. The molecule has 3 atom stereocenters. The number of hydrogen-bond acceptors (Lipinski definition) is 6. The summed E-state index contributed by atoms with van der Waals surface area (Å²) in [5, 5.41) is 10.7. The van der Waals surface area contributed by atoms with E-state index in [1.807, 2.05) is 26.8 Å². The van der Waals surface area contributed by atoms with Gasteiger partial charge in [-0.3, -0.25) is 9.59 Å². The molecular weight excluding hydrogens is 360 g/mol. The number of Topliss-reactive ketones (excluding diaryl/α,β-unsaturated/α-hetero) is 1. The van der Waals surface area contributed by atoms with E-state index in [2.05, 4.69) is 0 Å². The van der Waals surface area contributed by atoms with Gasteiger partial charge in [-0.25, -0.2) is 4.79 Å². The minimum Gasteiger partial charge on any atom is -0.454 e. The number of esters is 2. The zero-order chi connectivity index (χ0) is 21.3. The maximum atomic E-state index is 12.6. The highest BCUT2D eigenvalue weighted by Crippen LogP contribution is 2.20. The van der Waals surface area contributed by atoms with Gasteiger partial charge in [-0.1, -0.05) is 31.6 Å². The number of carbonyl (C=O) groups excluding carboxylic acids is 3. The summed E-state index contributed by atoms with van der Waals surface area (Å²) < 4.78 is 10.9. The van der Waals surface area contributed by atoms with Crippen LogP contribution < -0.4 is 0 Å². The SMILES string of the molecule is C/C=C(/C)[C@H]1C/C=C(\C)[C@@H](O)[C@H](OC(=O)CCCC)C(=O)C/C=C(/C)C(=O)O1. The van der Waals surface area contributed by atoms with Crippen LogP contribution in [0, 0.1) is 0 Å². The summed E-state index contributed by atoms with van der Waals surface area (Å²) in [4.78, 5) is 36.9. The molecule has 0 unspecified atom stereocenters. The fraction of sp³-hybridized carbons (Fsp3) is 0.591. The first-order valence-electron chi connectivity index (χ1n) is 9.78. The molecule has 0 saturated heterocycles. The molecule has 28 heavy (non-hydrogen) atoms. The van der Waals surface area contributed by atoms with Crippen molar-refractivity contribution in [2.24, 2.45) is 0 Å². The highest BCUT2D eigenvalue weighted by atomic mass is 16.6. The average Bonchev–Trinajstić information content (AvgIpc) is 2.68. The van der Waals surface area contributed by atoms with Crippen molar-refractivity contribution in [2.45, 2.75) is 85.0 Å². The molecule has 0 fully saturated rings. The Labute approximate surface area is 167 Å². The third-order valence-electron chi connectivity index (χ3n) is 4.86. The molecule has 156 valence electrons. The van der Waals surface area contributed by atoms with Crippen molar-refractivity contribution in [3.63, 3.8) is 0 Å². The number of ether oxygens (including phenoxy) is 2. The van der Waals surface area contributed by atoms with Crippen LogP contribution in [-0.2, 0) is 23.9 Å². The lowest BCUT2D eigenvalue weighted by molar-refractivity contribution is -0.160. The van der Waals surface area contributed by atoms with Crippen LogP contribution in [0.25, 0.3) is 0 Å². The van der Waals surface area contributed by atoms with Gasteiger partial charge in [0.1, 0.15) is 12.2 Å². The van der Waals surface area contributed by atoms with Gasteiger partial charge in [0.05, 0.1) is 0 Å². The van der Waals surface area contributed by atoms with E-state index < -0.39 is 36.0 Å². The van der Waals surface area contributed by atoms with Gasteiger partial charge in [-0.05, 0) is 45.3 Å². The highest BCUT2D eigenvalue weighted by Gasteiger charge is 2.31. The number of aliphatic hydroxyl groups excluding tert-OH is 1. The topological polar surface area (TPSA) is 89.9 Å². The van der Waals surface area contributed by atoms with Crippen molar-refractivity contribution in [2.75, 3.05) is 0 Å². The molecule has 0 aromatic carbocycles. The fourth-order valence-electron chi connectivity index (χ4n) is 2.67. The number of unbranched alkanes of at least 4 members (excludes halogenated alkanes) is 1. The van der Waals surface area contributed by atoms with Crippen LogP contribution in [0.2, 0.25) is 0 Å². The van der Waals surface area contributed by atoms with E-state index in [9.17, 15) is 19.5 Å². The van der Waals surface area contributed by atoms with Gasteiger partial charge in [0.15, 0.2) is 11.9 Å². The smallest absolute Gasteiger partial charge is 0.334 e. The molecule has 0 bridgehead atoms. The largest absolute Gasteiger partial charge is 0.454 e. The van der Waals surface area contributed by atoms with Crippen LogP contribution in [0.4, 0.5) is 0 Å². The predicted molar refractivity (Wildman–Crippen MR) is 106 cm³/mol. The third kappa shape index (κ3) is 7.08. The molecule has 0 saturated carbocycles. The lowest BCUT2D eigenvalue weighted by Crippen LogP contribution is -2.39. The number of cyclic esters (lactones) is 1. The summed E-state index contributed by atoms with van der Waals surface area (Å²) >= 11 is 0. The van der Waals surface area contributed by atoms with E-state index in [4.69, 9.17) is 9.47 Å². The van der Waals surface area contributed by atoms with E-state index in [1.165, 1.54) is 6.08 Å². The van der Waals surface area contributed by atoms with Gasteiger partial charge >= 0.3 is 11.9 Å². The number of ketones is 1. The summed E-state index contributed by atoms with van der Waals surface area (Å²) in [6, 6.07) is 0. The Bertz CT molecular complexity index is 671. The summed E-state index contributed by atoms with van der Waals surface area (Å²) in [5.74, 6) is -1.47. The van der Waals surface area contributed by atoms with Gasteiger partial charge in [-0.15, -0.1) is 0 Å². The molecule has 0 aromatic rings. The minimum atomic E-state index is -1.29. The quantitative estimate of drug-likeness (QED) is 0.568. The van der Waals surface area contributed by atoms with E-state index >= 15 is 0 Å². The summed E-state index contributed by atoms with van der Waals surface area (Å²) in [5.41, 5.74) is 1.68. The Kier molecular flexibility index (Phi) is 9.87. The van der Waals surface area contributed by atoms with Crippen molar-refractivity contribution in [1.29, 1.82) is 0 Å². The van der Waals surface area contributed by atoms with Crippen LogP contribution in [0.1, 0.15) is 66.7 Å². The monoisotopic (exact) mass is 392 g/mol. The summed E-state index contributed by atoms with van der Waals surface area (Å²) in [6.07, 6.45) is 3.92. The number of aliphatic hydroxyl groups is 1. The van der Waals surface area contributed by atoms with Crippen molar-refractivity contribution in [3.05, 3.63) is 34.9 Å². The number of allylic oxidation sites excluding steroid dienone is 2. The van der Waals surface area contributed by atoms with Crippen molar-refractivity contribution < 1.29 is 29.0 Å². The second-order valence-corrected chi connectivity index (χ2v) is 7.13. The molecule has 1 rings (SSSR count). The molecule has 1 aliphatic heterocycles. The molecule has 0 spiro atoms. The molecule has 0 radical (unpaired) electrons. The minimum absolute atomic E-state index is 0.135. The molecule has 0 aromatic heterocycles. The lowest BCUT2D eigenvalue weighted by Gasteiger charge is -2.24. The van der Waals surface area contributed by atoms with E-state index in [-0.39, 0.29) is 12.8 Å². The second kappa shape index (κ2) is 11.6. The van der Waals surface area contributed by atoms with Crippen LogP contribution in [-0.4, -0.2) is 41.1 Å². The van der Waals surface area contributed by atoms with Crippen molar-refractivity contribution >= 4 is 17.7 Å². The molecule has 1 N–H and O–H groups in total. The van der Waals surface area contributed by atoms with Crippen LogP contribution in [0.5, 0.6) is 0 Å². The standard InChI is InChI=1S/C22H32O6/c1-6-8-9-19(24)28-21-17(23)12-10-16(5)22(26)27-18(14(3)7-2)13-11-15(4)20(21)25/h7,10-11,18,20-21,25H,6,8-9,12-13H2,1-5H3/b14-7-,15-11+,16-10-/t18-,20-,21-/m1/s1. The third-order valence-corrected chi connectivity index (χ3v) is 4.86. The van der Waals surface area contributed by atoms with Gasteiger partial charge in [-0.2, -0.15) is 0 Å². The normalized spacial score (nSPS) is 28.8. The van der Waals surface area contributed by atoms with Crippen LogP contribution in [0.15, 0.2) is 34.9 Å². The van der Waals surface area contributed by atoms with Gasteiger partial charge < -0.3 is 14.6 Å². The molecular formula is C22H32O6. The zero-order valence-electron chi connectivity index (χ0n) is 17.5. The molecule has 0 amide bonds. The first-order chi connectivity index (χ1) is 13.2. The number of hydrogen-bond donors (Lipinski definition) is 1. The number of rotatable bonds is 5. The Morgan fingerprint density at radius 3 is 2.61 bits per heavy atom. The molecule has 1 aliphatic rings. The Hall–Kier alpha value is -2.21. The van der Waals surface area contributed by atoms with E-state index in [1.54, 1.807) is 19.9 Å². The Morgan fingerprint density at radius 1 is 1.32 bits per heavy atom.